The third-order valence-corrected chi connectivity index (χ3v) is 9.55. The van der Waals surface area contributed by atoms with Crippen LogP contribution in [0.1, 0.15) is 39.5 Å². The number of unbranched alkanes of at least 4 members (excludes halogenated alkanes) is 2. The monoisotopic (exact) mass is 626 g/mol. The SMILES string of the molecule is CCN(CC)c1ccc(NC(=O)C2N(CCCCCO)C(=O)[C@@H]3[C@H](C(=O)Nc4ccccc4)[C@H]4OC23CC4Br)cc1. The number of rotatable bonds is 12. The molecular weight excluding hydrogens is 588 g/mol. The molecule has 3 fully saturated rings. The fourth-order valence-corrected chi connectivity index (χ4v) is 7.79. The number of anilines is 3. The van der Waals surface area contributed by atoms with E-state index in [1.165, 1.54) is 0 Å². The highest BCUT2D eigenvalue weighted by Crippen LogP contribution is 2.60. The van der Waals surface area contributed by atoms with Crippen molar-refractivity contribution in [1.29, 1.82) is 0 Å². The zero-order valence-corrected chi connectivity index (χ0v) is 25.2. The van der Waals surface area contributed by atoms with Crippen molar-refractivity contribution in [2.45, 2.75) is 62.1 Å². The molecule has 2 aromatic carbocycles. The van der Waals surface area contributed by atoms with Gasteiger partial charge >= 0.3 is 0 Å². The minimum Gasteiger partial charge on any atom is -0.396 e. The van der Waals surface area contributed by atoms with Crippen LogP contribution in [-0.2, 0) is 19.1 Å². The maximum Gasteiger partial charge on any atom is 0.250 e. The molecule has 3 heterocycles. The molecular formula is C31H39BrN4O5. The maximum absolute atomic E-state index is 14.1. The molecule has 9 nitrogen and oxygen atoms in total. The third-order valence-electron chi connectivity index (χ3n) is 8.70. The van der Waals surface area contributed by atoms with Gasteiger partial charge in [0, 0.05) is 48.1 Å². The van der Waals surface area contributed by atoms with Crippen molar-refractivity contribution in [3.63, 3.8) is 0 Å². The van der Waals surface area contributed by atoms with Crippen LogP contribution in [0.3, 0.4) is 0 Å². The normalized spacial score (nSPS) is 28.0. The van der Waals surface area contributed by atoms with Gasteiger partial charge in [0.05, 0.1) is 17.9 Å². The Balaban J connectivity index is 1.43. The Morgan fingerprint density at radius 3 is 2.32 bits per heavy atom. The number of nitrogens with one attached hydrogen (secondary N) is 2. The van der Waals surface area contributed by atoms with Crippen LogP contribution < -0.4 is 15.5 Å². The summed E-state index contributed by atoms with van der Waals surface area (Å²) in [6.45, 7) is 6.39. The first-order valence-corrected chi connectivity index (χ1v) is 15.5. The van der Waals surface area contributed by atoms with Gasteiger partial charge in [-0.05, 0) is 75.9 Å². The van der Waals surface area contributed by atoms with Crippen LogP contribution in [0.15, 0.2) is 54.6 Å². The summed E-state index contributed by atoms with van der Waals surface area (Å²) < 4.78 is 6.57. The van der Waals surface area contributed by atoms with Gasteiger partial charge in [0.2, 0.25) is 17.7 Å². The largest absolute Gasteiger partial charge is 0.396 e. The number of carbonyl (C=O) groups is 3. The quantitative estimate of drug-likeness (QED) is 0.242. The zero-order valence-electron chi connectivity index (χ0n) is 23.6. The molecule has 10 heteroatoms. The number of hydrogen-bond donors (Lipinski definition) is 3. The lowest BCUT2D eigenvalue weighted by atomic mass is 9.70. The summed E-state index contributed by atoms with van der Waals surface area (Å²) in [6.07, 6.45) is 1.92. The van der Waals surface area contributed by atoms with E-state index in [9.17, 15) is 19.5 Å². The van der Waals surface area contributed by atoms with Crippen LogP contribution in [0.4, 0.5) is 17.1 Å². The van der Waals surface area contributed by atoms with Gasteiger partial charge in [-0.2, -0.15) is 0 Å². The van der Waals surface area contributed by atoms with Crippen molar-refractivity contribution in [3.8, 4) is 0 Å². The second kappa shape index (κ2) is 12.5. The fourth-order valence-electron chi connectivity index (χ4n) is 6.84. The van der Waals surface area contributed by atoms with Crippen molar-refractivity contribution >= 4 is 50.7 Å². The highest BCUT2D eigenvalue weighted by molar-refractivity contribution is 9.09. The molecule has 0 saturated carbocycles. The zero-order chi connectivity index (χ0) is 29.1. The van der Waals surface area contributed by atoms with Crippen LogP contribution in [0.2, 0.25) is 0 Å². The van der Waals surface area contributed by atoms with E-state index < -0.39 is 29.6 Å². The average molecular weight is 628 g/mol. The molecule has 6 atom stereocenters. The molecule has 3 amide bonds. The summed E-state index contributed by atoms with van der Waals surface area (Å²) in [5.74, 6) is -2.31. The number of likely N-dealkylation sites (tertiary alicyclic amines) is 1. The van der Waals surface area contributed by atoms with Gasteiger partial charge in [-0.1, -0.05) is 34.1 Å². The molecule has 3 aliphatic rings. The number of fused-ring (bicyclic) bond motifs is 1. The van der Waals surface area contributed by atoms with E-state index in [0.29, 0.717) is 37.2 Å². The molecule has 0 radical (unpaired) electrons. The van der Waals surface area contributed by atoms with Gasteiger partial charge in [-0.15, -0.1) is 0 Å². The summed E-state index contributed by atoms with van der Waals surface area (Å²) in [5.41, 5.74) is 1.24. The predicted molar refractivity (Wildman–Crippen MR) is 162 cm³/mol. The van der Waals surface area contributed by atoms with Crippen molar-refractivity contribution in [2.24, 2.45) is 11.8 Å². The molecule has 0 aromatic heterocycles. The Labute approximate surface area is 249 Å². The molecule has 5 rings (SSSR count). The van der Waals surface area contributed by atoms with E-state index >= 15 is 0 Å². The van der Waals surface area contributed by atoms with E-state index in [-0.39, 0.29) is 29.2 Å². The lowest BCUT2D eigenvalue weighted by Crippen LogP contribution is -2.54. The van der Waals surface area contributed by atoms with Gasteiger partial charge in [0.25, 0.3) is 0 Å². The van der Waals surface area contributed by atoms with Gasteiger partial charge in [-0.25, -0.2) is 0 Å². The second-order valence-electron chi connectivity index (χ2n) is 11.0. The number of ether oxygens (including phenoxy) is 1. The Morgan fingerprint density at radius 2 is 1.66 bits per heavy atom. The fraction of sp³-hybridized carbons (Fsp3) is 0.516. The highest BCUT2D eigenvalue weighted by Gasteiger charge is 2.76. The Kier molecular flexibility index (Phi) is 9.01. The molecule has 41 heavy (non-hydrogen) atoms. The van der Waals surface area contributed by atoms with Crippen LogP contribution in [-0.4, -0.2) is 76.5 Å². The summed E-state index contributed by atoms with van der Waals surface area (Å²) >= 11 is 3.71. The first-order valence-electron chi connectivity index (χ1n) is 14.6. The first-order chi connectivity index (χ1) is 19.8. The van der Waals surface area contributed by atoms with Crippen LogP contribution in [0, 0.1) is 11.8 Å². The number of halogens is 1. The van der Waals surface area contributed by atoms with E-state index in [1.807, 2.05) is 42.5 Å². The average Bonchev–Trinajstić information content (AvgIpc) is 3.56. The van der Waals surface area contributed by atoms with E-state index in [2.05, 4.69) is 45.3 Å². The molecule has 1 spiro atoms. The number of hydrogen-bond acceptors (Lipinski definition) is 6. The predicted octanol–water partition coefficient (Wildman–Crippen LogP) is 4.02. The Bertz CT molecular complexity index is 1240. The number of aliphatic hydroxyl groups excluding tert-OH is 1. The summed E-state index contributed by atoms with van der Waals surface area (Å²) in [6, 6.07) is 16.0. The number of carbonyl (C=O) groups excluding carboxylic acids is 3. The van der Waals surface area contributed by atoms with E-state index in [1.54, 1.807) is 17.0 Å². The second-order valence-corrected chi connectivity index (χ2v) is 12.2. The standard InChI is InChI=1S/C31H39BrN4O5/c1-3-35(4-2)22-15-13-21(14-16-22)34-29(39)27-31-19-23(32)26(41-31)24(28(38)33-20-11-7-5-8-12-20)25(31)30(40)36(27)17-9-6-10-18-37/h5,7-8,11-16,23-27,37H,3-4,6,9-10,17-19H2,1-2H3,(H,33,38)(H,34,39)/t23?,24-,25-,26-,27?,31?/m0/s1. The molecule has 3 N–H and O–H groups in total. The number of aliphatic hydroxyl groups is 1. The molecule has 2 bridgehead atoms. The lowest BCUT2D eigenvalue weighted by Gasteiger charge is -2.34. The van der Waals surface area contributed by atoms with Crippen molar-refractivity contribution in [2.75, 3.05) is 41.8 Å². The van der Waals surface area contributed by atoms with Gasteiger partial charge < -0.3 is 30.3 Å². The first kappa shape index (κ1) is 29.5. The van der Waals surface area contributed by atoms with Crippen LogP contribution in [0.5, 0.6) is 0 Å². The number of benzene rings is 2. The molecule has 0 aliphatic carbocycles. The van der Waals surface area contributed by atoms with E-state index in [0.717, 1.165) is 25.2 Å². The van der Waals surface area contributed by atoms with Crippen LogP contribution in [0.25, 0.3) is 0 Å². The molecule has 2 aromatic rings. The minimum atomic E-state index is -1.11. The lowest BCUT2D eigenvalue weighted by molar-refractivity contribution is -0.139. The third kappa shape index (κ3) is 5.49. The molecule has 3 saturated heterocycles. The number of alkyl halides is 1. The van der Waals surface area contributed by atoms with Crippen molar-refractivity contribution < 1.29 is 24.2 Å². The maximum atomic E-state index is 14.1. The highest BCUT2D eigenvalue weighted by atomic mass is 79.9. The smallest absolute Gasteiger partial charge is 0.250 e. The molecule has 3 unspecified atom stereocenters. The van der Waals surface area contributed by atoms with Gasteiger partial charge in [0.15, 0.2) is 0 Å². The van der Waals surface area contributed by atoms with Gasteiger partial charge in [0.1, 0.15) is 11.6 Å². The summed E-state index contributed by atoms with van der Waals surface area (Å²) in [4.78, 5) is 45.4. The number of nitrogens with zero attached hydrogens (tertiary/aromatic N) is 2. The summed E-state index contributed by atoms with van der Waals surface area (Å²) in [5, 5.41) is 15.2. The number of amides is 3. The Hall–Kier alpha value is -2.95. The Morgan fingerprint density at radius 1 is 1.00 bits per heavy atom. The molecule has 220 valence electrons. The summed E-state index contributed by atoms with van der Waals surface area (Å²) in [7, 11) is 0. The number of para-hydroxylation sites is 1. The molecule has 3 aliphatic heterocycles. The van der Waals surface area contributed by atoms with Crippen LogP contribution >= 0.6 is 15.9 Å². The van der Waals surface area contributed by atoms with Crippen molar-refractivity contribution in [1.82, 2.24) is 4.90 Å². The van der Waals surface area contributed by atoms with Crippen molar-refractivity contribution in [3.05, 3.63) is 54.6 Å². The van der Waals surface area contributed by atoms with E-state index in [4.69, 9.17) is 4.74 Å². The van der Waals surface area contributed by atoms with Gasteiger partial charge in [-0.3, -0.25) is 14.4 Å². The minimum absolute atomic E-state index is 0.0751. The topological polar surface area (TPSA) is 111 Å².